The average molecular weight is 477 g/mol. The minimum atomic E-state index is -3.54. The SMILES string of the molecule is CCc1ccc(S(=O)(=O)N2CCN(c3nc4ccccc4nc3-n3nc(C)cc3C)CC2)cc1. The summed E-state index contributed by atoms with van der Waals surface area (Å²) in [5.41, 5.74) is 4.60. The molecular weight excluding hydrogens is 448 g/mol. The molecule has 1 aliphatic rings. The van der Waals surface area contributed by atoms with Crippen molar-refractivity contribution in [1.29, 1.82) is 0 Å². The Labute approximate surface area is 199 Å². The molecule has 0 saturated carbocycles. The first kappa shape index (κ1) is 22.5. The average Bonchev–Trinajstić information content (AvgIpc) is 3.20. The van der Waals surface area contributed by atoms with Gasteiger partial charge in [-0.15, -0.1) is 0 Å². The number of para-hydroxylation sites is 2. The zero-order valence-electron chi connectivity index (χ0n) is 19.6. The second kappa shape index (κ2) is 8.81. The van der Waals surface area contributed by atoms with Gasteiger partial charge < -0.3 is 4.90 Å². The Hall–Kier alpha value is -3.30. The van der Waals surface area contributed by atoms with Gasteiger partial charge in [0.25, 0.3) is 0 Å². The van der Waals surface area contributed by atoms with Crippen LogP contribution in [0.1, 0.15) is 23.9 Å². The van der Waals surface area contributed by atoms with E-state index in [4.69, 9.17) is 9.97 Å². The summed E-state index contributed by atoms with van der Waals surface area (Å²) in [5.74, 6) is 1.38. The summed E-state index contributed by atoms with van der Waals surface area (Å²) >= 11 is 0. The van der Waals surface area contributed by atoms with E-state index in [0.717, 1.165) is 34.4 Å². The first-order valence-corrected chi connectivity index (χ1v) is 13.0. The van der Waals surface area contributed by atoms with Gasteiger partial charge in [-0.1, -0.05) is 31.2 Å². The molecule has 3 heterocycles. The van der Waals surface area contributed by atoms with Crippen LogP contribution >= 0.6 is 0 Å². The van der Waals surface area contributed by atoms with Crippen LogP contribution in [0.2, 0.25) is 0 Å². The fourth-order valence-electron chi connectivity index (χ4n) is 4.37. The van der Waals surface area contributed by atoms with Gasteiger partial charge in [0.1, 0.15) is 0 Å². The van der Waals surface area contributed by atoms with Crippen LogP contribution in [0, 0.1) is 13.8 Å². The molecule has 1 fully saturated rings. The summed E-state index contributed by atoms with van der Waals surface area (Å²) < 4.78 is 29.8. The molecule has 0 unspecified atom stereocenters. The summed E-state index contributed by atoms with van der Waals surface area (Å²) in [4.78, 5) is 12.3. The number of aromatic nitrogens is 4. The van der Waals surface area contributed by atoms with Gasteiger partial charge >= 0.3 is 0 Å². The van der Waals surface area contributed by atoms with Crippen molar-refractivity contribution in [2.45, 2.75) is 32.1 Å². The van der Waals surface area contributed by atoms with Crippen LogP contribution in [0.15, 0.2) is 59.5 Å². The van der Waals surface area contributed by atoms with Crippen molar-refractivity contribution in [3.63, 3.8) is 0 Å². The minimum Gasteiger partial charge on any atom is -0.351 e. The maximum atomic E-state index is 13.2. The molecule has 34 heavy (non-hydrogen) atoms. The Balaban J connectivity index is 1.45. The topological polar surface area (TPSA) is 84.2 Å². The largest absolute Gasteiger partial charge is 0.351 e. The zero-order valence-corrected chi connectivity index (χ0v) is 20.5. The smallest absolute Gasteiger partial charge is 0.243 e. The van der Waals surface area contributed by atoms with Gasteiger partial charge in [0, 0.05) is 31.9 Å². The highest BCUT2D eigenvalue weighted by atomic mass is 32.2. The zero-order chi connectivity index (χ0) is 23.9. The number of hydrogen-bond acceptors (Lipinski definition) is 6. The van der Waals surface area contributed by atoms with E-state index in [9.17, 15) is 8.42 Å². The molecule has 9 heteroatoms. The van der Waals surface area contributed by atoms with Crippen molar-refractivity contribution in [3.05, 3.63) is 71.5 Å². The lowest BCUT2D eigenvalue weighted by Gasteiger charge is -2.35. The predicted molar refractivity (Wildman–Crippen MR) is 133 cm³/mol. The third-order valence-electron chi connectivity index (χ3n) is 6.25. The Morgan fingerprint density at radius 3 is 2.03 bits per heavy atom. The van der Waals surface area contributed by atoms with E-state index in [2.05, 4.69) is 16.9 Å². The number of sulfonamides is 1. The highest BCUT2D eigenvalue weighted by Crippen LogP contribution is 2.27. The summed E-state index contributed by atoms with van der Waals surface area (Å²) in [6.07, 6.45) is 0.878. The van der Waals surface area contributed by atoms with Gasteiger partial charge in [-0.3, -0.25) is 0 Å². The Morgan fingerprint density at radius 1 is 0.853 bits per heavy atom. The molecule has 1 aliphatic heterocycles. The van der Waals surface area contributed by atoms with Crippen LogP contribution in [0.5, 0.6) is 0 Å². The minimum absolute atomic E-state index is 0.340. The molecule has 0 aliphatic carbocycles. The van der Waals surface area contributed by atoms with E-state index in [-0.39, 0.29) is 0 Å². The number of nitrogens with zero attached hydrogens (tertiary/aromatic N) is 6. The summed E-state index contributed by atoms with van der Waals surface area (Å²) in [5, 5.41) is 4.63. The first-order chi connectivity index (χ1) is 16.4. The molecule has 0 radical (unpaired) electrons. The fourth-order valence-corrected chi connectivity index (χ4v) is 5.79. The lowest BCUT2D eigenvalue weighted by atomic mass is 10.2. The molecule has 2 aromatic heterocycles. The quantitative estimate of drug-likeness (QED) is 0.438. The predicted octanol–water partition coefficient (Wildman–Crippen LogP) is 3.51. The second-order valence-electron chi connectivity index (χ2n) is 8.59. The Kier molecular flexibility index (Phi) is 5.83. The van der Waals surface area contributed by atoms with Gasteiger partial charge in [-0.2, -0.15) is 9.40 Å². The molecular formula is C25H28N6O2S. The van der Waals surface area contributed by atoms with Crippen molar-refractivity contribution in [2.24, 2.45) is 0 Å². The number of rotatable bonds is 5. The molecule has 0 atom stereocenters. The van der Waals surface area contributed by atoms with E-state index in [1.807, 2.05) is 61.0 Å². The highest BCUT2D eigenvalue weighted by Gasteiger charge is 2.30. The lowest BCUT2D eigenvalue weighted by molar-refractivity contribution is 0.383. The van der Waals surface area contributed by atoms with Gasteiger partial charge in [0.05, 0.1) is 21.6 Å². The molecule has 4 aromatic rings. The van der Waals surface area contributed by atoms with Crippen LogP contribution < -0.4 is 4.90 Å². The van der Waals surface area contributed by atoms with Crippen LogP contribution in [0.4, 0.5) is 5.82 Å². The summed E-state index contributed by atoms with van der Waals surface area (Å²) in [7, 11) is -3.54. The lowest BCUT2D eigenvalue weighted by Crippen LogP contribution is -2.49. The number of anilines is 1. The molecule has 176 valence electrons. The number of piperazine rings is 1. The molecule has 0 spiro atoms. The molecule has 2 aromatic carbocycles. The summed E-state index contributed by atoms with van der Waals surface area (Å²) in [6, 6.07) is 17.0. The third-order valence-corrected chi connectivity index (χ3v) is 8.17. The van der Waals surface area contributed by atoms with Crippen LogP contribution in [0.25, 0.3) is 16.9 Å². The normalized spacial score (nSPS) is 15.2. The van der Waals surface area contributed by atoms with Crippen molar-refractivity contribution in [1.82, 2.24) is 24.1 Å². The number of hydrogen-bond donors (Lipinski definition) is 0. The van der Waals surface area contributed by atoms with Crippen molar-refractivity contribution in [2.75, 3.05) is 31.1 Å². The van der Waals surface area contributed by atoms with Crippen molar-refractivity contribution < 1.29 is 8.42 Å². The maximum Gasteiger partial charge on any atom is 0.243 e. The Bertz CT molecular complexity index is 1440. The van der Waals surface area contributed by atoms with Crippen LogP contribution in [-0.2, 0) is 16.4 Å². The van der Waals surface area contributed by atoms with E-state index in [0.29, 0.717) is 42.7 Å². The van der Waals surface area contributed by atoms with Crippen LogP contribution in [-0.4, -0.2) is 58.7 Å². The molecule has 0 amide bonds. The fraction of sp³-hybridized carbons (Fsp3) is 0.320. The van der Waals surface area contributed by atoms with E-state index < -0.39 is 10.0 Å². The first-order valence-electron chi connectivity index (χ1n) is 11.5. The van der Waals surface area contributed by atoms with Crippen molar-refractivity contribution in [3.8, 4) is 5.82 Å². The summed E-state index contributed by atoms with van der Waals surface area (Å²) in [6.45, 7) is 7.80. The van der Waals surface area contributed by atoms with E-state index >= 15 is 0 Å². The number of benzene rings is 2. The van der Waals surface area contributed by atoms with Gasteiger partial charge in [-0.05, 0) is 56.2 Å². The van der Waals surface area contributed by atoms with Gasteiger partial charge in [0.2, 0.25) is 10.0 Å². The monoisotopic (exact) mass is 476 g/mol. The van der Waals surface area contributed by atoms with E-state index in [1.54, 1.807) is 16.4 Å². The highest BCUT2D eigenvalue weighted by molar-refractivity contribution is 7.89. The Morgan fingerprint density at radius 2 is 1.47 bits per heavy atom. The second-order valence-corrected chi connectivity index (χ2v) is 10.5. The molecule has 8 nitrogen and oxygen atoms in total. The van der Waals surface area contributed by atoms with E-state index in [1.165, 1.54) is 0 Å². The van der Waals surface area contributed by atoms with Gasteiger partial charge in [0.15, 0.2) is 11.6 Å². The molecule has 1 saturated heterocycles. The van der Waals surface area contributed by atoms with Gasteiger partial charge in [-0.25, -0.2) is 23.1 Å². The molecule has 0 N–H and O–H groups in total. The maximum absolute atomic E-state index is 13.2. The van der Waals surface area contributed by atoms with Crippen molar-refractivity contribution >= 4 is 26.9 Å². The number of fused-ring (bicyclic) bond motifs is 1. The van der Waals surface area contributed by atoms with Crippen LogP contribution in [0.3, 0.4) is 0 Å². The standard InChI is InChI=1S/C25H28N6O2S/c1-4-20-9-11-21(12-10-20)34(32,33)30-15-13-29(14-16-30)24-25(31-19(3)17-18(2)28-31)27-23-8-6-5-7-22(23)26-24/h5-12,17H,4,13-16H2,1-3H3. The third kappa shape index (κ3) is 4.05. The molecule has 0 bridgehead atoms. The molecule has 5 rings (SSSR count). The number of aryl methyl sites for hydroxylation is 3.